The van der Waals surface area contributed by atoms with Gasteiger partial charge in [-0.2, -0.15) is 0 Å². The van der Waals surface area contributed by atoms with Gasteiger partial charge >= 0.3 is 0 Å². The lowest BCUT2D eigenvalue weighted by Crippen LogP contribution is -2.40. The number of hydrogen-bond donors (Lipinski definition) is 1. The molecule has 0 saturated carbocycles. The number of nitrogens with one attached hydrogen (secondary N) is 1. The van der Waals surface area contributed by atoms with Crippen molar-refractivity contribution in [1.29, 1.82) is 0 Å². The molecular formula is C19H27N3O. The predicted octanol–water partition coefficient (Wildman–Crippen LogP) is 2.78. The lowest BCUT2D eigenvalue weighted by molar-refractivity contribution is -0.119. The van der Waals surface area contributed by atoms with E-state index in [1.54, 1.807) is 0 Å². The molecule has 23 heavy (non-hydrogen) atoms. The van der Waals surface area contributed by atoms with Gasteiger partial charge in [-0.3, -0.25) is 4.79 Å². The standard InChI is InChI=1S/C19H27N3O/c1-21-9-4-10-22(18-6-3-2-5-17(18)21)19(23)13-14-11-15-7-8-16(12-14)20-15/h2-3,5-6,14-16,20H,4,7-13H2,1H3. The number of rotatable bonds is 2. The Balaban J connectivity index is 1.50. The molecule has 4 nitrogen and oxygen atoms in total. The van der Waals surface area contributed by atoms with E-state index in [1.807, 2.05) is 11.0 Å². The average Bonchev–Trinajstić information content (AvgIpc) is 2.80. The third-order valence-electron chi connectivity index (χ3n) is 5.79. The van der Waals surface area contributed by atoms with Crippen LogP contribution in [0, 0.1) is 5.92 Å². The summed E-state index contributed by atoms with van der Waals surface area (Å²) in [6.45, 7) is 1.86. The first-order chi connectivity index (χ1) is 11.2. The number of benzene rings is 1. The number of piperidine rings is 1. The highest BCUT2D eigenvalue weighted by Crippen LogP contribution is 2.35. The van der Waals surface area contributed by atoms with Gasteiger partial charge < -0.3 is 15.1 Å². The van der Waals surface area contributed by atoms with Crippen molar-refractivity contribution in [3.05, 3.63) is 24.3 Å². The van der Waals surface area contributed by atoms with E-state index >= 15 is 0 Å². The first-order valence-electron chi connectivity index (χ1n) is 9.07. The Hall–Kier alpha value is -1.55. The summed E-state index contributed by atoms with van der Waals surface area (Å²) in [7, 11) is 2.12. The molecule has 2 bridgehead atoms. The number of carbonyl (C=O) groups is 1. The van der Waals surface area contributed by atoms with E-state index in [1.165, 1.54) is 31.4 Å². The summed E-state index contributed by atoms with van der Waals surface area (Å²) in [4.78, 5) is 17.3. The van der Waals surface area contributed by atoms with Crippen LogP contribution in [0.4, 0.5) is 11.4 Å². The van der Waals surface area contributed by atoms with Crippen LogP contribution in [0.3, 0.4) is 0 Å². The molecule has 3 heterocycles. The molecule has 2 fully saturated rings. The second-order valence-corrected chi connectivity index (χ2v) is 7.49. The lowest BCUT2D eigenvalue weighted by Gasteiger charge is -2.31. The van der Waals surface area contributed by atoms with Crippen LogP contribution < -0.4 is 15.1 Å². The van der Waals surface area contributed by atoms with Gasteiger partial charge in [-0.1, -0.05) is 12.1 Å². The van der Waals surface area contributed by atoms with Crippen molar-refractivity contribution in [2.45, 2.75) is 50.6 Å². The van der Waals surface area contributed by atoms with Crippen LogP contribution in [0.15, 0.2) is 24.3 Å². The van der Waals surface area contributed by atoms with Crippen molar-refractivity contribution < 1.29 is 4.79 Å². The van der Waals surface area contributed by atoms with Gasteiger partial charge in [-0.05, 0) is 50.2 Å². The van der Waals surface area contributed by atoms with Crippen molar-refractivity contribution in [2.75, 3.05) is 29.9 Å². The van der Waals surface area contributed by atoms with Gasteiger partial charge in [0, 0.05) is 38.6 Å². The molecule has 1 amide bonds. The lowest BCUT2D eigenvalue weighted by atomic mass is 9.89. The van der Waals surface area contributed by atoms with Crippen molar-refractivity contribution >= 4 is 17.3 Å². The van der Waals surface area contributed by atoms with Gasteiger partial charge in [0.2, 0.25) is 5.91 Å². The number of hydrogen-bond acceptors (Lipinski definition) is 3. The molecule has 1 N–H and O–H groups in total. The van der Waals surface area contributed by atoms with Gasteiger partial charge in [0.05, 0.1) is 11.4 Å². The number of amides is 1. The summed E-state index contributed by atoms with van der Waals surface area (Å²) in [5, 5.41) is 3.67. The zero-order valence-electron chi connectivity index (χ0n) is 14.0. The SMILES string of the molecule is CN1CCCN(C(=O)CC2CC3CCC(C2)N3)c2ccccc21. The molecule has 3 aliphatic heterocycles. The first-order valence-corrected chi connectivity index (χ1v) is 9.07. The summed E-state index contributed by atoms with van der Waals surface area (Å²) in [6.07, 6.45) is 6.70. The molecule has 124 valence electrons. The van der Waals surface area contributed by atoms with Gasteiger partial charge in [0.15, 0.2) is 0 Å². The molecule has 0 spiro atoms. The quantitative estimate of drug-likeness (QED) is 0.912. The first kappa shape index (κ1) is 15.0. The Morgan fingerprint density at radius 2 is 1.83 bits per heavy atom. The van der Waals surface area contributed by atoms with Crippen LogP contribution in [-0.4, -0.2) is 38.1 Å². The number of fused-ring (bicyclic) bond motifs is 3. The second-order valence-electron chi connectivity index (χ2n) is 7.49. The molecule has 1 aromatic carbocycles. The van der Waals surface area contributed by atoms with Crippen molar-refractivity contribution in [3.8, 4) is 0 Å². The fourth-order valence-electron chi connectivity index (χ4n) is 4.68. The van der Waals surface area contributed by atoms with Crippen LogP contribution >= 0.6 is 0 Å². The number of nitrogens with zero attached hydrogens (tertiary/aromatic N) is 2. The zero-order valence-corrected chi connectivity index (χ0v) is 14.0. The van der Waals surface area contributed by atoms with Crippen LogP contribution in [0.5, 0.6) is 0 Å². The third-order valence-corrected chi connectivity index (χ3v) is 5.79. The Kier molecular flexibility index (Phi) is 4.02. The summed E-state index contributed by atoms with van der Waals surface area (Å²) < 4.78 is 0. The van der Waals surface area contributed by atoms with Crippen molar-refractivity contribution in [3.63, 3.8) is 0 Å². The third kappa shape index (κ3) is 2.97. The second kappa shape index (κ2) is 6.16. The van der Waals surface area contributed by atoms with Gasteiger partial charge in [0.25, 0.3) is 0 Å². The van der Waals surface area contributed by atoms with E-state index in [0.717, 1.165) is 25.2 Å². The van der Waals surface area contributed by atoms with Gasteiger partial charge in [-0.25, -0.2) is 0 Å². The monoisotopic (exact) mass is 313 g/mol. The van der Waals surface area contributed by atoms with E-state index in [9.17, 15) is 4.79 Å². The number of para-hydroxylation sites is 2. The summed E-state index contributed by atoms with van der Waals surface area (Å²) in [6, 6.07) is 9.66. The normalized spacial score (nSPS) is 30.0. The van der Waals surface area contributed by atoms with Crippen molar-refractivity contribution in [1.82, 2.24) is 5.32 Å². The van der Waals surface area contributed by atoms with Gasteiger partial charge in [0.1, 0.15) is 0 Å². The van der Waals surface area contributed by atoms with E-state index in [4.69, 9.17) is 0 Å². The molecule has 2 unspecified atom stereocenters. The maximum Gasteiger partial charge on any atom is 0.227 e. The summed E-state index contributed by atoms with van der Waals surface area (Å²) >= 11 is 0. The molecule has 4 heteroatoms. The van der Waals surface area contributed by atoms with E-state index in [-0.39, 0.29) is 0 Å². The Morgan fingerprint density at radius 3 is 2.57 bits per heavy atom. The highest BCUT2D eigenvalue weighted by atomic mass is 16.2. The number of anilines is 2. The highest BCUT2D eigenvalue weighted by Gasteiger charge is 2.35. The minimum absolute atomic E-state index is 0.319. The maximum atomic E-state index is 13.0. The Morgan fingerprint density at radius 1 is 1.13 bits per heavy atom. The smallest absolute Gasteiger partial charge is 0.227 e. The minimum atomic E-state index is 0.319. The predicted molar refractivity (Wildman–Crippen MR) is 94.0 cm³/mol. The minimum Gasteiger partial charge on any atom is -0.373 e. The molecule has 0 aliphatic carbocycles. The van der Waals surface area contributed by atoms with Crippen LogP contribution in [0.2, 0.25) is 0 Å². The molecule has 2 atom stereocenters. The summed E-state index contributed by atoms with van der Waals surface area (Å²) in [5.41, 5.74) is 2.28. The van der Waals surface area contributed by atoms with E-state index in [2.05, 4.69) is 35.5 Å². The summed E-state index contributed by atoms with van der Waals surface area (Å²) in [5.74, 6) is 0.883. The number of carbonyl (C=O) groups excluding carboxylic acids is 1. The topological polar surface area (TPSA) is 35.6 Å². The van der Waals surface area contributed by atoms with Crippen LogP contribution in [0.1, 0.15) is 38.5 Å². The molecule has 0 aromatic heterocycles. The molecule has 2 saturated heterocycles. The fraction of sp³-hybridized carbons (Fsp3) is 0.632. The van der Waals surface area contributed by atoms with Crippen LogP contribution in [-0.2, 0) is 4.79 Å². The molecule has 0 radical (unpaired) electrons. The molecule has 3 aliphatic rings. The average molecular weight is 313 g/mol. The highest BCUT2D eigenvalue weighted by molar-refractivity contribution is 5.97. The fourth-order valence-corrected chi connectivity index (χ4v) is 4.68. The molecule has 1 aromatic rings. The van der Waals surface area contributed by atoms with Crippen molar-refractivity contribution in [2.24, 2.45) is 5.92 Å². The Bertz CT molecular complexity index is 576. The van der Waals surface area contributed by atoms with Gasteiger partial charge in [-0.15, -0.1) is 0 Å². The van der Waals surface area contributed by atoms with Crippen LogP contribution in [0.25, 0.3) is 0 Å². The zero-order chi connectivity index (χ0) is 15.8. The molecular weight excluding hydrogens is 286 g/mol. The largest absolute Gasteiger partial charge is 0.373 e. The van der Waals surface area contributed by atoms with E-state index < -0.39 is 0 Å². The maximum absolute atomic E-state index is 13.0. The molecule has 4 rings (SSSR count). The van der Waals surface area contributed by atoms with E-state index in [0.29, 0.717) is 30.3 Å². The Labute approximate surface area is 138 Å².